The fourth-order valence-electron chi connectivity index (χ4n) is 2.12. The van der Waals surface area contributed by atoms with Gasteiger partial charge in [-0.2, -0.15) is 5.26 Å². The van der Waals surface area contributed by atoms with Crippen LogP contribution in [0.1, 0.15) is 25.3 Å². The molecule has 0 unspecified atom stereocenters. The number of esters is 1. The molecular formula is C14H15N3O4. The second kappa shape index (κ2) is 6.22. The van der Waals surface area contributed by atoms with E-state index in [1.807, 2.05) is 6.07 Å². The Kier molecular flexibility index (Phi) is 4.38. The minimum absolute atomic E-state index is 0.0474. The Bertz CT molecular complexity index is 605. The fraction of sp³-hybridized carbons (Fsp3) is 0.429. The second-order valence-corrected chi connectivity index (χ2v) is 4.74. The number of hydrogen-bond acceptors (Lipinski definition) is 6. The van der Waals surface area contributed by atoms with Crippen molar-refractivity contribution in [3.63, 3.8) is 0 Å². The Morgan fingerprint density at radius 3 is 2.81 bits per heavy atom. The summed E-state index contributed by atoms with van der Waals surface area (Å²) in [5.41, 5.74) is 0.518. The van der Waals surface area contributed by atoms with E-state index in [1.54, 1.807) is 11.8 Å². The number of carbonyl (C=O) groups is 1. The SMILES string of the molecule is CCOC(=O)CN(c1cc(C#N)ccc1[N+](=O)[O-])C1CC1. The van der Waals surface area contributed by atoms with Crippen molar-refractivity contribution in [1.82, 2.24) is 0 Å². The minimum atomic E-state index is -0.503. The van der Waals surface area contributed by atoms with Gasteiger partial charge in [0, 0.05) is 12.1 Å². The molecule has 0 aliphatic heterocycles. The molecule has 1 aromatic rings. The Hall–Kier alpha value is -2.62. The molecule has 1 saturated carbocycles. The number of nitriles is 1. The number of carbonyl (C=O) groups excluding carboxylic acids is 1. The molecule has 0 aromatic heterocycles. The first-order valence-corrected chi connectivity index (χ1v) is 6.67. The molecule has 1 fully saturated rings. The molecule has 0 N–H and O–H groups in total. The third kappa shape index (κ3) is 3.48. The third-order valence-electron chi connectivity index (χ3n) is 3.20. The number of rotatable bonds is 6. The normalized spacial score (nSPS) is 13.3. The molecule has 2 rings (SSSR count). The van der Waals surface area contributed by atoms with Gasteiger partial charge >= 0.3 is 5.97 Å². The van der Waals surface area contributed by atoms with Gasteiger partial charge in [-0.1, -0.05) is 0 Å². The topological polar surface area (TPSA) is 96.5 Å². The molecule has 110 valence electrons. The van der Waals surface area contributed by atoms with Crippen molar-refractivity contribution < 1.29 is 14.5 Å². The smallest absolute Gasteiger partial charge is 0.325 e. The predicted molar refractivity (Wildman–Crippen MR) is 74.8 cm³/mol. The molecule has 21 heavy (non-hydrogen) atoms. The number of ether oxygens (including phenoxy) is 1. The molecule has 7 nitrogen and oxygen atoms in total. The number of anilines is 1. The lowest BCUT2D eigenvalue weighted by Crippen LogP contribution is -2.33. The van der Waals surface area contributed by atoms with E-state index in [2.05, 4.69) is 0 Å². The highest BCUT2D eigenvalue weighted by Crippen LogP contribution is 2.37. The lowest BCUT2D eigenvalue weighted by molar-refractivity contribution is -0.384. The summed E-state index contributed by atoms with van der Waals surface area (Å²) >= 11 is 0. The van der Waals surface area contributed by atoms with Crippen molar-refractivity contribution in [2.45, 2.75) is 25.8 Å². The summed E-state index contributed by atoms with van der Waals surface area (Å²) in [6.45, 7) is 1.92. The summed E-state index contributed by atoms with van der Waals surface area (Å²) in [5.74, 6) is -0.430. The number of benzene rings is 1. The average Bonchev–Trinajstić information content (AvgIpc) is 3.28. The van der Waals surface area contributed by atoms with Gasteiger partial charge in [0.15, 0.2) is 0 Å². The Morgan fingerprint density at radius 2 is 2.29 bits per heavy atom. The molecule has 1 aliphatic carbocycles. The van der Waals surface area contributed by atoms with Gasteiger partial charge in [-0.25, -0.2) is 0 Å². The molecule has 0 atom stereocenters. The molecule has 1 aromatic carbocycles. The van der Waals surface area contributed by atoms with Crippen molar-refractivity contribution >= 4 is 17.3 Å². The largest absolute Gasteiger partial charge is 0.465 e. The highest BCUT2D eigenvalue weighted by Gasteiger charge is 2.34. The molecule has 0 amide bonds. The van der Waals surface area contributed by atoms with Crippen molar-refractivity contribution in [2.24, 2.45) is 0 Å². The van der Waals surface area contributed by atoms with Crippen LogP contribution in [-0.2, 0) is 9.53 Å². The van der Waals surface area contributed by atoms with Gasteiger partial charge in [-0.15, -0.1) is 0 Å². The maximum Gasteiger partial charge on any atom is 0.325 e. The van der Waals surface area contributed by atoms with Crippen molar-refractivity contribution in [3.05, 3.63) is 33.9 Å². The molecular weight excluding hydrogens is 274 g/mol. The van der Waals surface area contributed by atoms with Crippen LogP contribution in [0, 0.1) is 21.4 Å². The summed E-state index contributed by atoms with van der Waals surface area (Å²) in [6.07, 6.45) is 1.74. The Labute approximate surface area is 121 Å². The lowest BCUT2D eigenvalue weighted by atomic mass is 10.1. The van der Waals surface area contributed by atoms with E-state index in [0.717, 1.165) is 12.8 Å². The highest BCUT2D eigenvalue weighted by atomic mass is 16.6. The standard InChI is InChI=1S/C14H15N3O4/c1-2-21-14(18)9-16(11-4-5-11)13-7-10(8-15)3-6-12(13)17(19)20/h3,6-7,11H,2,4-5,9H2,1H3. The van der Waals surface area contributed by atoms with E-state index in [-0.39, 0.29) is 24.9 Å². The van der Waals surface area contributed by atoms with E-state index in [4.69, 9.17) is 10.00 Å². The van der Waals surface area contributed by atoms with Crippen LogP contribution in [0.4, 0.5) is 11.4 Å². The molecule has 0 spiro atoms. The van der Waals surface area contributed by atoms with Gasteiger partial charge in [0.25, 0.3) is 5.69 Å². The zero-order valence-corrected chi connectivity index (χ0v) is 11.6. The van der Waals surface area contributed by atoms with Crippen LogP contribution < -0.4 is 4.90 Å². The first kappa shape index (κ1) is 14.8. The van der Waals surface area contributed by atoms with E-state index in [9.17, 15) is 14.9 Å². The quantitative estimate of drug-likeness (QED) is 0.451. The van der Waals surface area contributed by atoms with Crippen LogP contribution in [0.15, 0.2) is 18.2 Å². The van der Waals surface area contributed by atoms with Gasteiger partial charge < -0.3 is 9.64 Å². The van der Waals surface area contributed by atoms with E-state index in [1.165, 1.54) is 18.2 Å². The Morgan fingerprint density at radius 1 is 1.57 bits per heavy atom. The van der Waals surface area contributed by atoms with Crippen molar-refractivity contribution in [3.8, 4) is 6.07 Å². The number of nitrogens with zero attached hydrogens (tertiary/aromatic N) is 3. The fourth-order valence-corrected chi connectivity index (χ4v) is 2.12. The number of nitro benzene ring substituents is 1. The zero-order valence-electron chi connectivity index (χ0n) is 11.6. The minimum Gasteiger partial charge on any atom is -0.465 e. The highest BCUT2D eigenvalue weighted by molar-refractivity contribution is 5.79. The maximum atomic E-state index is 11.7. The van der Waals surface area contributed by atoms with Gasteiger partial charge in [-0.3, -0.25) is 14.9 Å². The molecule has 0 heterocycles. The van der Waals surface area contributed by atoms with Gasteiger partial charge in [0.1, 0.15) is 12.2 Å². The Balaban J connectivity index is 2.36. The van der Waals surface area contributed by atoms with E-state index < -0.39 is 10.9 Å². The van der Waals surface area contributed by atoms with E-state index in [0.29, 0.717) is 11.3 Å². The van der Waals surface area contributed by atoms with Crippen molar-refractivity contribution in [1.29, 1.82) is 5.26 Å². The van der Waals surface area contributed by atoms with Crippen LogP contribution in [0.5, 0.6) is 0 Å². The van der Waals surface area contributed by atoms with E-state index >= 15 is 0 Å². The van der Waals surface area contributed by atoms with Crippen LogP contribution in [0.2, 0.25) is 0 Å². The molecule has 0 bridgehead atoms. The van der Waals surface area contributed by atoms with Crippen LogP contribution >= 0.6 is 0 Å². The third-order valence-corrected chi connectivity index (χ3v) is 3.20. The summed E-state index contributed by atoms with van der Waals surface area (Å²) in [4.78, 5) is 24.0. The summed E-state index contributed by atoms with van der Waals surface area (Å²) in [7, 11) is 0. The summed E-state index contributed by atoms with van der Waals surface area (Å²) in [6, 6.07) is 6.20. The van der Waals surface area contributed by atoms with Gasteiger partial charge in [-0.05, 0) is 31.9 Å². The van der Waals surface area contributed by atoms with Gasteiger partial charge in [0.05, 0.1) is 23.2 Å². The number of nitro groups is 1. The lowest BCUT2D eigenvalue weighted by Gasteiger charge is -2.23. The average molecular weight is 289 g/mol. The summed E-state index contributed by atoms with van der Waals surface area (Å²) < 4.78 is 4.91. The predicted octanol–water partition coefficient (Wildman–Crippen LogP) is 2.00. The molecule has 7 heteroatoms. The first-order chi connectivity index (χ1) is 10.1. The summed E-state index contributed by atoms with van der Waals surface area (Å²) in [5, 5.41) is 20.1. The zero-order chi connectivity index (χ0) is 15.4. The van der Waals surface area contributed by atoms with Crippen LogP contribution in [0.3, 0.4) is 0 Å². The van der Waals surface area contributed by atoms with Crippen LogP contribution in [0.25, 0.3) is 0 Å². The van der Waals surface area contributed by atoms with Gasteiger partial charge in [0.2, 0.25) is 0 Å². The van der Waals surface area contributed by atoms with Crippen molar-refractivity contribution in [2.75, 3.05) is 18.1 Å². The maximum absolute atomic E-state index is 11.7. The monoisotopic (exact) mass is 289 g/mol. The molecule has 1 aliphatic rings. The second-order valence-electron chi connectivity index (χ2n) is 4.74. The van der Waals surface area contributed by atoms with Crippen LogP contribution in [-0.4, -0.2) is 30.1 Å². The molecule has 0 radical (unpaired) electrons. The number of hydrogen-bond donors (Lipinski definition) is 0. The molecule has 0 saturated heterocycles. The first-order valence-electron chi connectivity index (χ1n) is 6.67.